The summed E-state index contributed by atoms with van der Waals surface area (Å²) in [6.07, 6.45) is 17.7. The SMILES string of the molecule is CCCCCCCCCCCCC(C)(CC)OCCC(C)(CC)O[Si](C)(OC)OC. The van der Waals surface area contributed by atoms with Gasteiger partial charge in [-0.1, -0.05) is 85.0 Å². The normalized spacial score (nSPS) is 16.4. The molecule has 0 saturated carbocycles. The first-order valence-electron chi connectivity index (χ1n) is 12.7. The van der Waals surface area contributed by atoms with Gasteiger partial charge in [-0.3, -0.25) is 0 Å². The highest BCUT2D eigenvalue weighted by Gasteiger charge is 2.40. The molecule has 0 aliphatic heterocycles. The number of unbranched alkanes of at least 4 members (excludes halogenated alkanes) is 9. The minimum absolute atomic E-state index is 0.0297. The van der Waals surface area contributed by atoms with E-state index in [1.54, 1.807) is 14.2 Å². The first kappa shape index (κ1) is 30.1. The van der Waals surface area contributed by atoms with Crippen LogP contribution >= 0.6 is 0 Å². The summed E-state index contributed by atoms with van der Waals surface area (Å²) in [6, 6.07) is 0. The highest BCUT2D eigenvalue weighted by Crippen LogP contribution is 2.29. The molecule has 5 heteroatoms. The van der Waals surface area contributed by atoms with Gasteiger partial charge in [0.1, 0.15) is 0 Å². The molecule has 4 nitrogen and oxygen atoms in total. The third kappa shape index (κ3) is 13.5. The summed E-state index contributed by atoms with van der Waals surface area (Å²) >= 11 is 0. The van der Waals surface area contributed by atoms with Crippen LogP contribution in [0.5, 0.6) is 0 Å². The second-order valence-corrected chi connectivity index (χ2v) is 12.3. The molecule has 0 aromatic rings. The van der Waals surface area contributed by atoms with E-state index in [0.717, 1.165) is 25.7 Å². The van der Waals surface area contributed by atoms with Crippen molar-refractivity contribution in [1.29, 1.82) is 0 Å². The van der Waals surface area contributed by atoms with Crippen LogP contribution < -0.4 is 0 Å². The van der Waals surface area contributed by atoms with Crippen LogP contribution in [0.25, 0.3) is 0 Å². The summed E-state index contributed by atoms with van der Waals surface area (Å²) in [5.74, 6) is 0. The summed E-state index contributed by atoms with van der Waals surface area (Å²) in [5.41, 5.74) is -0.309. The molecule has 30 heavy (non-hydrogen) atoms. The Kier molecular flexibility index (Phi) is 16.7. The van der Waals surface area contributed by atoms with Crippen molar-refractivity contribution in [3.05, 3.63) is 0 Å². The zero-order valence-electron chi connectivity index (χ0n) is 21.7. The van der Waals surface area contributed by atoms with Gasteiger partial charge in [-0.05, 0) is 39.5 Å². The highest BCUT2D eigenvalue weighted by molar-refractivity contribution is 6.59. The zero-order chi connectivity index (χ0) is 22.9. The largest absolute Gasteiger partial charge is 0.497 e. The average Bonchev–Trinajstić information content (AvgIpc) is 2.75. The molecule has 0 heterocycles. The minimum atomic E-state index is -2.56. The quantitative estimate of drug-likeness (QED) is 0.132. The van der Waals surface area contributed by atoms with E-state index in [4.69, 9.17) is 18.0 Å². The fourth-order valence-corrected chi connectivity index (χ4v) is 5.24. The van der Waals surface area contributed by atoms with E-state index in [1.807, 2.05) is 6.55 Å². The summed E-state index contributed by atoms with van der Waals surface area (Å²) < 4.78 is 23.7. The molecule has 0 spiro atoms. The van der Waals surface area contributed by atoms with Crippen LogP contribution in [0, 0.1) is 0 Å². The minimum Gasteiger partial charge on any atom is -0.377 e. The van der Waals surface area contributed by atoms with Crippen LogP contribution in [0.1, 0.15) is 125 Å². The van der Waals surface area contributed by atoms with E-state index < -0.39 is 8.80 Å². The van der Waals surface area contributed by atoms with Crippen LogP contribution in [0.3, 0.4) is 0 Å². The van der Waals surface area contributed by atoms with Crippen molar-refractivity contribution >= 4 is 8.80 Å². The van der Waals surface area contributed by atoms with Gasteiger partial charge in [0.15, 0.2) is 0 Å². The van der Waals surface area contributed by atoms with E-state index in [-0.39, 0.29) is 11.2 Å². The molecule has 182 valence electrons. The fraction of sp³-hybridized carbons (Fsp3) is 1.00. The average molecular weight is 447 g/mol. The van der Waals surface area contributed by atoms with Crippen molar-refractivity contribution in [1.82, 2.24) is 0 Å². The van der Waals surface area contributed by atoms with E-state index >= 15 is 0 Å². The Morgan fingerprint density at radius 1 is 0.633 bits per heavy atom. The lowest BCUT2D eigenvalue weighted by Crippen LogP contribution is -2.49. The lowest BCUT2D eigenvalue weighted by Gasteiger charge is -2.37. The first-order chi connectivity index (χ1) is 14.2. The Labute approximate surface area is 190 Å². The molecule has 0 fully saturated rings. The van der Waals surface area contributed by atoms with Gasteiger partial charge in [0.2, 0.25) is 0 Å². The van der Waals surface area contributed by atoms with Gasteiger partial charge in [0.25, 0.3) is 0 Å². The molecule has 0 amide bonds. The van der Waals surface area contributed by atoms with E-state index in [0.29, 0.717) is 6.61 Å². The van der Waals surface area contributed by atoms with E-state index in [2.05, 4.69) is 34.6 Å². The van der Waals surface area contributed by atoms with Crippen molar-refractivity contribution < 1.29 is 18.0 Å². The Morgan fingerprint density at radius 3 is 1.53 bits per heavy atom. The summed E-state index contributed by atoms with van der Waals surface area (Å²) in [7, 11) is 0.779. The molecule has 0 N–H and O–H groups in total. The molecule has 0 bridgehead atoms. The Hall–Kier alpha value is 0.0569. The number of hydrogen-bond donors (Lipinski definition) is 0. The summed E-state index contributed by atoms with van der Waals surface area (Å²) in [5, 5.41) is 0. The molecular weight excluding hydrogens is 392 g/mol. The first-order valence-corrected chi connectivity index (χ1v) is 14.9. The fourth-order valence-electron chi connectivity index (χ4n) is 3.76. The van der Waals surface area contributed by atoms with Crippen LogP contribution in [0.15, 0.2) is 0 Å². The van der Waals surface area contributed by atoms with Gasteiger partial charge in [-0.25, -0.2) is 0 Å². The highest BCUT2D eigenvalue weighted by atomic mass is 28.4. The van der Waals surface area contributed by atoms with Crippen molar-refractivity contribution in [2.45, 2.75) is 142 Å². The maximum Gasteiger partial charge on any atom is 0.497 e. The maximum absolute atomic E-state index is 6.39. The molecule has 0 aromatic heterocycles. The van der Waals surface area contributed by atoms with Crippen molar-refractivity contribution in [2.24, 2.45) is 0 Å². The molecular formula is C25H54O4Si. The van der Waals surface area contributed by atoms with Crippen LogP contribution in [-0.2, 0) is 18.0 Å². The third-order valence-electron chi connectivity index (χ3n) is 6.81. The third-order valence-corrected chi connectivity index (χ3v) is 9.16. The predicted octanol–water partition coefficient (Wildman–Crippen LogP) is 7.92. The van der Waals surface area contributed by atoms with Gasteiger partial charge in [0, 0.05) is 27.4 Å². The maximum atomic E-state index is 6.39. The van der Waals surface area contributed by atoms with Gasteiger partial charge in [-0.15, -0.1) is 0 Å². The van der Waals surface area contributed by atoms with Gasteiger partial charge < -0.3 is 18.0 Å². The lowest BCUT2D eigenvalue weighted by atomic mass is 9.94. The molecule has 0 rings (SSSR count). The van der Waals surface area contributed by atoms with E-state index in [9.17, 15) is 0 Å². The van der Waals surface area contributed by atoms with Gasteiger partial charge >= 0.3 is 8.80 Å². The van der Waals surface area contributed by atoms with Crippen molar-refractivity contribution in [3.63, 3.8) is 0 Å². The smallest absolute Gasteiger partial charge is 0.377 e. The zero-order valence-corrected chi connectivity index (χ0v) is 22.7. The molecule has 0 aliphatic carbocycles. The van der Waals surface area contributed by atoms with Gasteiger partial charge in [-0.2, -0.15) is 0 Å². The number of ether oxygens (including phenoxy) is 1. The predicted molar refractivity (Wildman–Crippen MR) is 131 cm³/mol. The lowest BCUT2D eigenvalue weighted by molar-refractivity contribution is -0.0755. The summed E-state index contributed by atoms with van der Waals surface area (Å²) in [4.78, 5) is 0. The number of hydrogen-bond acceptors (Lipinski definition) is 4. The van der Waals surface area contributed by atoms with E-state index in [1.165, 1.54) is 64.2 Å². The van der Waals surface area contributed by atoms with Crippen LogP contribution in [0.4, 0.5) is 0 Å². The molecule has 2 atom stereocenters. The molecule has 2 unspecified atom stereocenters. The Balaban J connectivity index is 4.15. The van der Waals surface area contributed by atoms with Crippen LogP contribution in [-0.4, -0.2) is 40.8 Å². The van der Waals surface area contributed by atoms with Gasteiger partial charge in [0.05, 0.1) is 11.2 Å². The molecule has 0 aromatic carbocycles. The Bertz CT molecular complexity index is 403. The number of rotatable bonds is 21. The second kappa shape index (κ2) is 16.7. The van der Waals surface area contributed by atoms with Crippen molar-refractivity contribution in [3.8, 4) is 0 Å². The second-order valence-electron chi connectivity index (χ2n) is 9.51. The molecule has 0 aliphatic rings. The van der Waals surface area contributed by atoms with Crippen molar-refractivity contribution in [2.75, 3.05) is 20.8 Å². The monoisotopic (exact) mass is 446 g/mol. The van der Waals surface area contributed by atoms with Crippen LogP contribution in [0.2, 0.25) is 6.55 Å². The summed E-state index contributed by atoms with van der Waals surface area (Å²) in [6.45, 7) is 13.8. The standard InChI is InChI=1S/C25H54O4Si/c1-9-12-13-14-15-16-17-18-19-20-21-24(4,10-2)28-23-22-25(5,11-3)29-30(8,26-6)27-7/h9-23H2,1-8H3. The topological polar surface area (TPSA) is 36.9 Å². The molecule has 0 saturated heterocycles. The molecule has 0 radical (unpaired) electrons. The Morgan fingerprint density at radius 2 is 1.10 bits per heavy atom.